The minimum atomic E-state index is -0.0117. The average Bonchev–Trinajstić information content (AvgIpc) is 2.06. The SMILES string of the molecule is C1=C\Cc2ccccc2O\[SiH]=C/1. The second-order valence-corrected chi connectivity index (χ2v) is 3.58. The summed E-state index contributed by atoms with van der Waals surface area (Å²) in [5.74, 6) is 1.05. The third kappa shape index (κ3) is 1.53. The Morgan fingerprint density at radius 1 is 1.25 bits per heavy atom. The predicted octanol–water partition coefficient (Wildman–Crippen LogP) is 1.33. The summed E-state index contributed by atoms with van der Waals surface area (Å²) in [6.45, 7) is 0. The monoisotopic (exact) mass is 174 g/mol. The Labute approximate surface area is 74.2 Å². The first kappa shape index (κ1) is 7.49. The van der Waals surface area contributed by atoms with Crippen molar-refractivity contribution in [1.29, 1.82) is 0 Å². The normalized spacial score (nSPS) is 19.7. The summed E-state index contributed by atoms with van der Waals surface area (Å²) in [4.78, 5) is 0. The Balaban J connectivity index is 2.40. The summed E-state index contributed by atoms with van der Waals surface area (Å²) < 4.78 is 5.60. The van der Waals surface area contributed by atoms with Gasteiger partial charge in [0.05, 0.1) is 0 Å². The van der Waals surface area contributed by atoms with Gasteiger partial charge >= 0.3 is 0 Å². The quantitative estimate of drug-likeness (QED) is 0.539. The van der Waals surface area contributed by atoms with Gasteiger partial charge in [-0.25, -0.2) is 0 Å². The van der Waals surface area contributed by atoms with Gasteiger partial charge in [-0.05, 0) is 23.7 Å². The van der Waals surface area contributed by atoms with Gasteiger partial charge in [-0.1, -0.05) is 30.4 Å². The van der Waals surface area contributed by atoms with Gasteiger partial charge in [0.1, 0.15) is 5.75 Å². The molecule has 1 aliphatic heterocycles. The van der Waals surface area contributed by atoms with E-state index in [1.54, 1.807) is 0 Å². The lowest BCUT2D eigenvalue weighted by molar-refractivity contribution is 0.604. The molecule has 1 heterocycles. The minimum absolute atomic E-state index is 0.0117. The molecule has 2 rings (SSSR count). The van der Waals surface area contributed by atoms with Crippen LogP contribution in [0.15, 0.2) is 36.4 Å². The summed E-state index contributed by atoms with van der Waals surface area (Å²) in [5, 5.41) is 0. The zero-order valence-corrected chi connectivity index (χ0v) is 7.89. The Morgan fingerprint density at radius 2 is 2.17 bits per heavy atom. The maximum absolute atomic E-state index is 5.60. The minimum Gasteiger partial charge on any atom is -0.519 e. The zero-order chi connectivity index (χ0) is 8.23. The van der Waals surface area contributed by atoms with Crippen LogP contribution >= 0.6 is 0 Å². The highest BCUT2D eigenvalue weighted by atomic mass is 28.2. The number of hydrogen-bond donors (Lipinski definition) is 0. The van der Waals surface area contributed by atoms with Crippen molar-refractivity contribution in [2.75, 3.05) is 0 Å². The Bertz CT molecular complexity index is 295. The lowest BCUT2D eigenvalue weighted by atomic mass is 10.1. The molecule has 0 saturated carbocycles. The van der Waals surface area contributed by atoms with Crippen LogP contribution in [0.25, 0.3) is 0 Å². The van der Waals surface area contributed by atoms with E-state index < -0.39 is 0 Å². The van der Waals surface area contributed by atoms with E-state index in [0.717, 1.165) is 12.2 Å². The van der Waals surface area contributed by atoms with Crippen LogP contribution in [0.1, 0.15) is 5.56 Å². The average molecular weight is 174 g/mol. The molecule has 0 atom stereocenters. The Morgan fingerprint density at radius 3 is 3.17 bits per heavy atom. The smallest absolute Gasteiger partial charge is 0.224 e. The van der Waals surface area contributed by atoms with Crippen LogP contribution in [0.4, 0.5) is 0 Å². The molecule has 0 spiro atoms. The standard InChI is InChI=1S/C10H10OSi/c1-2-7-10-9(5-1)6-3-4-8-12-11-10/h1-5,7-8,12H,6H2/b4-3-,12-8-. The van der Waals surface area contributed by atoms with Crippen molar-refractivity contribution >= 4 is 15.0 Å². The molecule has 0 unspecified atom stereocenters. The van der Waals surface area contributed by atoms with E-state index >= 15 is 0 Å². The first-order chi connectivity index (χ1) is 5.97. The molecule has 0 fully saturated rings. The van der Waals surface area contributed by atoms with Crippen LogP contribution in [0.5, 0.6) is 5.75 Å². The molecular weight excluding hydrogens is 164 g/mol. The number of benzene rings is 1. The molecule has 1 aromatic rings. The molecule has 1 nitrogen and oxygen atoms in total. The lowest BCUT2D eigenvalue weighted by Crippen LogP contribution is -2.00. The van der Waals surface area contributed by atoms with Gasteiger partial charge in [0.15, 0.2) is 0 Å². The fourth-order valence-electron chi connectivity index (χ4n) is 1.22. The third-order valence-electron chi connectivity index (χ3n) is 1.83. The third-order valence-corrected chi connectivity index (χ3v) is 2.60. The van der Waals surface area contributed by atoms with Crippen molar-refractivity contribution in [1.82, 2.24) is 0 Å². The summed E-state index contributed by atoms with van der Waals surface area (Å²) in [7, 11) is -0.0117. The predicted molar refractivity (Wildman–Crippen MR) is 53.1 cm³/mol. The number of rotatable bonds is 0. The van der Waals surface area contributed by atoms with Crippen molar-refractivity contribution in [2.24, 2.45) is 0 Å². The lowest BCUT2D eigenvalue weighted by Gasteiger charge is -2.07. The van der Waals surface area contributed by atoms with E-state index in [0.29, 0.717) is 0 Å². The van der Waals surface area contributed by atoms with Gasteiger partial charge in [0.25, 0.3) is 0 Å². The van der Waals surface area contributed by atoms with E-state index in [1.807, 2.05) is 12.1 Å². The van der Waals surface area contributed by atoms with Crippen LogP contribution in [0, 0.1) is 0 Å². The summed E-state index contributed by atoms with van der Waals surface area (Å²) in [5.41, 5.74) is 3.39. The van der Waals surface area contributed by atoms with Crippen molar-refractivity contribution < 1.29 is 4.43 Å². The second-order valence-electron chi connectivity index (χ2n) is 2.69. The highest BCUT2D eigenvalue weighted by Crippen LogP contribution is 2.18. The van der Waals surface area contributed by atoms with Gasteiger partial charge in [0, 0.05) is 0 Å². The van der Waals surface area contributed by atoms with Crippen molar-refractivity contribution in [3.8, 4) is 5.75 Å². The number of fused-ring (bicyclic) bond motifs is 1. The molecule has 0 aliphatic carbocycles. The van der Waals surface area contributed by atoms with Crippen LogP contribution < -0.4 is 4.43 Å². The summed E-state index contributed by atoms with van der Waals surface area (Å²) in [6.07, 6.45) is 5.24. The molecule has 0 amide bonds. The maximum Gasteiger partial charge on any atom is 0.224 e. The molecule has 2 heteroatoms. The van der Waals surface area contributed by atoms with Gasteiger partial charge in [-0.3, -0.25) is 0 Å². The summed E-state index contributed by atoms with van der Waals surface area (Å²) >= 11 is 0. The molecule has 0 radical (unpaired) electrons. The molecule has 1 aromatic carbocycles. The van der Waals surface area contributed by atoms with Gasteiger partial charge in [0.2, 0.25) is 9.38 Å². The molecule has 60 valence electrons. The van der Waals surface area contributed by atoms with Crippen molar-refractivity contribution in [3.05, 3.63) is 42.0 Å². The Hall–Kier alpha value is -1.15. The van der Waals surface area contributed by atoms with Crippen molar-refractivity contribution in [3.63, 3.8) is 0 Å². The molecule has 0 saturated heterocycles. The largest absolute Gasteiger partial charge is 0.519 e. The summed E-state index contributed by atoms with van der Waals surface area (Å²) in [6, 6.07) is 8.22. The topological polar surface area (TPSA) is 9.23 Å². The first-order valence-electron chi connectivity index (χ1n) is 4.03. The van der Waals surface area contributed by atoms with E-state index in [9.17, 15) is 0 Å². The van der Waals surface area contributed by atoms with E-state index in [4.69, 9.17) is 4.43 Å². The number of allylic oxidation sites excluding steroid dienone is 2. The molecule has 0 aromatic heterocycles. The van der Waals surface area contributed by atoms with E-state index in [-0.39, 0.29) is 9.38 Å². The molecule has 1 aliphatic rings. The van der Waals surface area contributed by atoms with Crippen LogP contribution in [0.2, 0.25) is 0 Å². The van der Waals surface area contributed by atoms with E-state index in [2.05, 4.69) is 30.0 Å². The highest BCUT2D eigenvalue weighted by molar-refractivity contribution is 6.44. The molecular formula is C10H10OSi. The maximum atomic E-state index is 5.60. The highest BCUT2D eigenvalue weighted by Gasteiger charge is 1.99. The van der Waals surface area contributed by atoms with Gasteiger partial charge < -0.3 is 4.43 Å². The second kappa shape index (κ2) is 3.50. The van der Waals surface area contributed by atoms with Crippen LogP contribution in [0.3, 0.4) is 0 Å². The van der Waals surface area contributed by atoms with Crippen molar-refractivity contribution in [2.45, 2.75) is 6.42 Å². The molecule has 12 heavy (non-hydrogen) atoms. The van der Waals surface area contributed by atoms with Crippen LogP contribution in [-0.2, 0) is 6.42 Å². The fourth-order valence-corrected chi connectivity index (χ4v) is 1.92. The Kier molecular flexibility index (Phi) is 2.18. The molecule has 0 N–H and O–H groups in total. The van der Waals surface area contributed by atoms with Crippen LogP contribution in [-0.4, -0.2) is 15.0 Å². The fraction of sp³-hybridized carbons (Fsp3) is 0.100. The van der Waals surface area contributed by atoms with E-state index in [1.165, 1.54) is 5.56 Å². The van der Waals surface area contributed by atoms with Gasteiger partial charge in [-0.2, -0.15) is 0 Å². The number of para-hydroxylation sites is 1. The van der Waals surface area contributed by atoms with Gasteiger partial charge in [-0.15, -0.1) is 0 Å². The first-order valence-corrected chi connectivity index (χ1v) is 5.17. The molecule has 0 bridgehead atoms. The zero-order valence-electron chi connectivity index (χ0n) is 6.73. The number of hydrogen-bond acceptors (Lipinski definition) is 1.